The molecule has 0 fully saturated rings. The molecule has 4 rings (SSSR count). The molecule has 0 saturated carbocycles. The van der Waals surface area contributed by atoms with E-state index in [1.54, 1.807) is 0 Å². The van der Waals surface area contributed by atoms with E-state index in [4.69, 9.17) is 17.0 Å². The van der Waals surface area contributed by atoms with Gasteiger partial charge < -0.3 is 10.1 Å². The van der Waals surface area contributed by atoms with Gasteiger partial charge in [-0.05, 0) is 35.1 Å². The minimum Gasteiger partial charge on any atom is -0.490 e. The van der Waals surface area contributed by atoms with Crippen LogP contribution in [0.15, 0.2) is 66.0 Å². The summed E-state index contributed by atoms with van der Waals surface area (Å²) in [6, 6.07) is 18.0. The number of thiocarbonyl (C=S) groups is 1. The maximum absolute atomic E-state index is 12.5. The van der Waals surface area contributed by atoms with Gasteiger partial charge in [0.1, 0.15) is 0 Å². The zero-order valence-electron chi connectivity index (χ0n) is 16.7. The fourth-order valence-electron chi connectivity index (χ4n) is 3.18. The van der Waals surface area contributed by atoms with Crippen molar-refractivity contribution in [1.82, 2.24) is 10.3 Å². The average molecular weight is 465 g/mol. The Morgan fingerprint density at radius 1 is 1.16 bits per heavy atom. The van der Waals surface area contributed by atoms with Crippen LogP contribution in [0.1, 0.15) is 10.4 Å². The van der Waals surface area contributed by atoms with Crippen molar-refractivity contribution in [1.29, 1.82) is 0 Å². The monoisotopic (exact) mass is 464 g/mol. The summed E-state index contributed by atoms with van der Waals surface area (Å²) in [6.07, 6.45) is 0. The first kappa shape index (κ1) is 21.3. The molecular weight excluding hydrogens is 448 g/mol. The number of methoxy groups -OCH3 is 1. The minimum absolute atomic E-state index is 0.0345. The van der Waals surface area contributed by atoms with Crippen LogP contribution in [0.3, 0.4) is 0 Å². The highest BCUT2D eigenvalue weighted by molar-refractivity contribution is 7.80. The average Bonchev–Trinajstić information content (AvgIpc) is 3.26. The van der Waals surface area contributed by atoms with Crippen molar-refractivity contribution in [3.05, 3.63) is 81.7 Å². The topological polar surface area (TPSA) is 106 Å². The highest BCUT2D eigenvalue weighted by Gasteiger charge is 2.19. The van der Waals surface area contributed by atoms with Crippen LogP contribution >= 0.6 is 23.6 Å². The quantitative estimate of drug-likeness (QED) is 0.243. The Morgan fingerprint density at radius 2 is 1.94 bits per heavy atom. The van der Waals surface area contributed by atoms with E-state index in [1.807, 2.05) is 47.8 Å². The Hall–Kier alpha value is -3.89. The van der Waals surface area contributed by atoms with Gasteiger partial charge in [0.15, 0.2) is 16.0 Å². The number of nitrogens with one attached hydrogen (secondary N) is 2. The van der Waals surface area contributed by atoms with Gasteiger partial charge in [0.25, 0.3) is 5.91 Å². The normalized spacial score (nSPS) is 10.5. The van der Waals surface area contributed by atoms with Gasteiger partial charge in [0.2, 0.25) is 0 Å². The number of carbonyl (C=O) groups is 1. The Kier molecular flexibility index (Phi) is 6.06. The Morgan fingerprint density at radius 3 is 2.72 bits per heavy atom. The maximum atomic E-state index is 12.5. The van der Waals surface area contributed by atoms with Crippen molar-refractivity contribution in [2.45, 2.75) is 0 Å². The van der Waals surface area contributed by atoms with Gasteiger partial charge in [-0.15, -0.1) is 11.3 Å². The van der Waals surface area contributed by atoms with Gasteiger partial charge in [-0.25, -0.2) is 4.98 Å². The van der Waals surface area contributed by atoms with Crippen molar-refractivity contribution in [3.8, 4) is 17.0 Å². The van der Waals surface area contributed by atoms with Gasteiger partial charge in [0, 0.05) is 22.6 Å². The lowest BCUT2D eigenvalue weighted by Gasteiger charge is -2.08. The molecule has 0 radical (unpaired) electrons. The summed E-state index contributed by atoms with van der Waals surface area (Å²) in [6.45, 7) is 0. The number of ether oxygens (including phenoxy) is 1. The lowest BCUT2D eigenvalue weighted by Crippen LogP contribution is -2.34. The van der Waals surface area contributed by atoms with Crippen LogP contribution in [0.2, 0.25) is 0 Å². The number of hydrogen-bond donors (Lipinski definition) is 2. The third kappa shape index (κ3) is 4.41. The number of nitro benzene ring substituents is 1. The molecule has 160 valence electrons. The van der Waals surface area contributed by atoms with E-state index < -0.39 is 10.8 Å². The molecule has 3 aromatic carbocycles. The summed E-state index contributed by atoms with van der Waals surface area (Å²) in [5, 5.41) is 21.2. The number of nitro groups is 1. The minimum atomic E-state index is -0.615. The van der Waals surface area contributed by atoms with Gasteiger partial charge >= 0.3 is 5.69 Å². The Labute approximate surface area is 192 Å². The first-order chi connectivity index (χ1) is 15.5. The SMILES string of the molecule is COc1ccc(C(=O)NC(=S)Nc2nc(-c3cccc4ccccc34)cs2)cc1[N+](=O)[O-]. The van der Waals surface area contributed by atoms with E-state index in [1.165, 1.54) is 30.6 Å². The van der Waals surface area contributed by atoms with E-state index in [9.17, 15) is 14.9 Å². The Balaban J connectivity index is 1.47. The first-order valence-corrected chi connectivity index (χ1v) is 10.6. The number of carbonyl (C=O) groups excluding carboxylic acids is 1. The Bertz CT molecular complexity index is 1350. The van der Waals surface area contributed by atoms with Crippen LogP contribution in [0.4, 0.5) is 10.8 Å². The zero-order valence-corrected chi connectivity index (χ0v) is 18.3. The number of rotatable bonds is 5. The summed E-state index contributed by atoms with van der Waals surface area (Å²) in [4.78, 5) is 27.6. The van der Waals surface area contributed by atoms with E-state index in [-0.39, 0.29) is 22.1 Å². The number of benzene rings is 3. The maximum Gasteiger partial charge on any atom is 0.311 e. The molecule has 0 aliphatic rings. The summed E-state index contributed by atoms with van der Waals surface area (Å²) in [7, 11) is 1.32. The van der Waals surface area contributed by atoms with Crippen molar-refractivity contribution in [2.75, 3.05) is 12.4 Å². The summed E-state index contributed by atoms with van der Waals surface area (Å²) in [5.74, 6) is -0.518. The van der Waals surface area contributed by atoms with Crippen molar-refractivity contribution >= 4 is 56.2 Å². The molecular formula is C22H16N4O4S2. The van der Waals surface area contributed by atoms with Crippen molar-refractivity contribution in [3.63, 3.8) is 0 Å². The van der Waals surface area contributed by atoms with Crippen molar-refractivity contribution < 1.29 is 14.5 Å². The predicted octanol–water partition coefficient (Wildman–Crippen LogP) is 5.01. The summed E-state index contributed by atoms with van der Waals surface area (Å²) < 4.78 is 4.95. The molecule has 1 amide bonds. The fraction of sp³-hybridized carbons (Fsp3) is 0.0455. The van der Waals surface area contributed by atoms with Gasteiger partial charge in [-0.2, -0.15) is 0 Å². The number of amides is 1. The van der Waals surface area contributed by atoms with E-state index in [2.05, 4.69) is 15.6 Å². The molecule has 10 heteroatoms. The van der Waals surface area contributed by atoms with Crippen LogP contribution < -0.4 is 15.4 Å². The number of nitrogens with zero attached hydrogens (tertiary/aromatic N) is 2. The molecule has 4 aromatic rings. The van der Waals surface area contributed by atoms with E-state index in [0.29, 0.717) is 5.13 Å². The number of fused-ring (bicyclic) bond motifs is 1. The van der Waals surface area contributed by atoms with Crippen LogP contribution in [0.5, 0.6) is 5.75 Å². The molecule has 8 nitrogen and oxygen atoms in total. The second-order valence-corrected chi connectivity index (χ2v) is 7.88. The van der Waals surface area contributed by atoms with Crippen LogP contribution in [0.25, 0.3) is 22.0 Å². The second-order valence-electron chi connectivity index (χ2n) is 6.62. The molecule has 0 aliphatic carbocycles. The lowest BCUT2D eigenvalue weighted by atomic mass is 10.0. The number of anilines is 1. The highest BCUT2D eigenvalue weighted by Crippen LogP contribution is 2.31. The van der Waals surface area contributed by atoms with Crippen LogP contribution in [-0.4, -0.2) is 28.0 Å². The molecule has 0 saturated heterocycles. The molecule has 2 N–H and O–H groups in total. The smallest absolute Gasteiger partial charge is 0.311 e. The molecule has 0 unspecified atom stereocenters. The van der Waals surface area contributed by atoms with Crippen LogP contribution in [-0.2, 0) is 0 Å². The summed E-state index contributed by atoms with van der Waals surface area (Å²) in [5.41, 5.74) is 1.55. The number of thiazole rings is 1. The third-order valence-electron chi connectivity index (χ3n) is 4.66. The fourth-order valence-corrected chi connectivity index (χ4v) is 4.15. The molecule has 1 aromatic heterocycles. The molecule has 0 bridgehead atoms. The van der Waals surface area contributed by atoms with Gasteiger partial charge in [-0.1, -0.05) is 42.5 Å². The van der Waals surface area contributed by atoms with Gasteiger partial charge in [-0.3, -0.25) is 20.2 Å². The second kappa shape index (κ2) is 9.08. The third-order valence-corrected chi connectivity index (χ3v) is 5.62. The molecule has 0 aliphatic heterocycles. The number of aromatic nitrogens is 1. The van der Waals surface area contributed by atoms with Crippen LogP contribution in [0, 0.1) is 10.1 Å². The molecule has 32 heavy (non-hydrogen) atoms. The number of hydrogen-bond acceptors (Lipinski definition) is 7. The zero-order chi connectivity index (χ0) is 22.7. The molecule has 0 spiro atoms. The van der Waals surface area contributed by atoms with E-state index >= 15 is 0 Å². The summed E-state index contributed by atoms with van der Waals surface area (Å²) >= 11 is 6.56. The highest BCUT2D eigenvalue weighted by atomic mass is 32.1. The predicted molar refractivity (Wildman–Crippen MR) is 128 cm³/mol. The molecule has 1 heterocycles. The van der Waals surface area contributed by atoms with E-state index in [0.717, 1.165) is 28.1 Å². The lowest BCUT2D eigenvalue weighted by molar-refractivity contribution is -0.385. The van der Waals surface area contributed by atoms with Crippen molar-refractivity contribution in [2.24, 2.45) is 0 Å². The standard InChI is InChI=1S/C22H16N4O4S2/c1-30-19-10-9-14(11-18(19)26(28)29)20(27)24-21(31)25-22-23-17(12-32-22)16-8-4-6-13-5-2-3-7-15(13)16/h2-12H,1H3,(H2,23,24,25,27,31). The molecule has 0 atom stereocenters. The largest absolute Gasteiger partial charge is 0.490 e. The first-order valence-electron chi connectivity index (χ1n) is 9.34. The van der Waals surface area contributed by atoms with Gasteiger partial charge in [0.05, 0.1) is 17.7 Å².